The number of nitrogens with zero attached hydrogens (tertiary/aromatic N) is 3. The number of hydrogen-bond donors (Lipinski definition) is 1. The van der Waals surface area contributed by atoms with Gasteiger partial charge in [0.2, 0.25) is 0 Å². The number of anilines is 2. The second kappa shape index (κ2) is 8.61. The Morgan fingerprint density at radius 2 is 1.82 bits per heavy atom. The molecule has 0 atom stereocenters. The van der Waals surface area contributed by atoms with Crippen molar-refractivity contribution in [2.45, 2.75) is 31.7 Å². The van der Waals surface area contributed by atoms with Crippen LogP contribution in [0, 0.1) is 0 Å². The van der Waals surface area contributed by atoms with Gasteiger partial charge in [0, 0.05) is 38.4 Å². The summed E-state index contributed by atoms with van der Waals surface area (Å²) in [5.41, 5.74) is 1.39. The first-order valence-electron chi connectivity index (χ1n) is 10.1. The van der Waals surface area contributed by atoms with Crippen LogP contribution in [0.4, 0.5) is 11.5 Å². The lowest BCUT2D eigenvalue weighted by Gasteiger charge is -2.38. The van der Waals surface area contributed by atoms with E-state index in [0.717, 1.165) is 43.7 Å². The van der Waals surface area contributed by atoms with Gasteiger partial charge in [0.25, 0.3) is 5.91 Å². The second-order valence-corrected chi connectivity index (χ2v) is 7.49. The van der Waals surface area contributed by atoms with Crippen molar-refractivity contribution >= 4 is 17.4 Å². The van der Waals surface area contributed by atoms with E-state index in [1.807, 2.05) is 41.3 Å². The highest BCUT2D eigenvalue weighted by Crippen LogP contribution is 2.29. The van der Waals surface area contributed by atoms with E-state index >= 15 is 0 Å². The summed E-state index contributed by atoms with van der Waals surface area (Å²) >= 11 is 0. The molecule has 1 saturated carbocycles. The number of rotatable bonds is 5. The molecule has 1 aromatic heterocycles. The topological polar surface area (TPSA) is 57.7 Å². The molecule has 2 aromatic rings. The highest BCUT2D eigenvalue weighted by molar-refractivity contribution is 5.99. The molecule has 1 aromatic carbocycles. The zero-order chi connectivity index (χ0) is 19.3. The Morgan fingerprint density at radius 3 is 2.57 bits per heavy atom. The summed E-state index contributed by atoms with van der Waals surface area (Å²) in [5.74, 6) is 1.32. The molecule has 1 aliphatic carbocycles. The van der Waals surface area contributed by atoms with Crippen LogP contribution in [0.5, 0.6) is 5.75 Å². The summed E-state index contributed by atoms with van der Waals surface area (Å²) in [7, 11) is 1.63. The fraction of sp³-hybridized carbons (Fsp3) is 0.455. The van der Waals surface area contributed by atoms with Crippen LogP contribution < -0.4 is 10.1 Å². The monoisotopic (exact) mass is 380 g/mol. The Bertz CT molecular complexity index is 812. The summed E-state index contributed by atoms with van der Waals surface area (Å²) in [6.45, 7) is 3.48. The van der Waals surface area contributed by atoms with Crippen molar-refractivity contribution in [1.82, 2.24) is 14.8 Å². The number of carbonyl (C=O) groups excluding carboxylic acids is 1. The molecule has 1 saturated heterocycles. The predicted molar refractivity (Wildman–Crippen MR) is 110 cm³/mol. The van der Waals surface area contributed by atoms with Gasteiger partial charge < -0.3 is 15.0 Å². The molecule has 0 bridgehead atoms. The third kappa shape index (κ3) is 3.97. The first-order chi connectivity index (χ1) is 13.8. The molecule has 4 rings (SSSR count). The lowest BCUT2D eigenvalue weighted by molar-refractivity contribution is 0.0574. The number of carbonyl (C=O) groups is 1. The fourth-order valence-corrected chi connectivity index (χ4v) is 4.28. The van der Waals surface area contributed by atoms with Crippen LogP contribution in [0.25, 0.3) is 0 Å². The van der Waals surface area contributed by atoms with Crippen molar-refractivity contribution in [2.24, 2.45) is 0 Å². The molecule has 6 nitrogen and oxygen atoms in total. The number of pyridine rings is 1. The highest BCUT2D eigenvalue weighted by atomic mass is 16.5. The molecule has 6 heteroatoms. The van der Waals surface area contributed by atoms with Gasteiger partial charge in [0.05, 0.1) is 18.4 Å². The minimum absolute atomic E-state index is 0.0385. The molecule has 0 spiro atoms. The number of nitrogens with one attached hydrogen (secondary N) is 1. The smallest absolute Gasteiger partial charge is 0.257 e. The van der Waals surface area contributed by atoms with Gasteiger partial charge >= 0.3 is 0 Å². The number of hydrogen-bond acceptors (Lipinski definition) is 5. The molecule has 0 radical (unpaired) electrons. The van der Waals surface area contributed by atoms with Crippen molar-refractivity contribution in [3.8, 4) is 5.75 Å². The molecule has 1 N–H and O–H groups in total. The van der Waals surface area contributed by atoms with E-state index in [0.29, 0.717) is 11.4 Å². The summed E-state index contributed by atoms with van der Waals surface area (Å²) in [5, 5.41) is 3.27. The average Bonchev–Trinajstić information content (AvgIpc) is 3.29. The Balaban J connectivity index is 1.46. The molecule has 0 unspecified atom stereocenters. The normalized spacial score (nSPS) is 18.2. The molecule has 2 heterocycles. The number of methoxy groups -OCH3 is 1. The first-order valence-corrected chi connectivity index (χ1v) is 10.1. The van der Waals surface area contributed by atoms with Gasteiger partial charge in [-0.05, 0) is 37.1 Å². The van der Waals surface area contributed by atoms with Crippen LogP contribution in [0.15, 0.2) is 42.6 Å². The highest BCUT2D eigenvalue weighted by Gasteiger charge is 2.29. The zero-order valence-corrected chi connectivity index (χ0v) is 16.4. The lowest BCUT2D eigenvalue weighted by Crippen LogP contribution is -2.51. The lowest BCUT2D eigenvalue weighted by atomic mass is 10.1. The Hall–Kier alpha value is -2.60. The number of piperazine rings is 1. The molecule has 148 valence electrons. The van der Waals surface area contributed by atoms with Gasteiger partial charge in [0.1, 0.15) is 11.6 Å². The third-order valence-electron chi connectivity index (χ3n) is 5.84. The van der Waals surface area contributed by atoms with E-state index in [4.69, 9.17) is 4.74 Å². The van der Waals surface area contributed by atoms with E-state index < -0.39 is 0 Å². The average molecular weight is 380 g/mol. The minimum Gasteiger partial charge on any atom is -0.495 e. The quantitative estimate of drug-likeness (QED) is 0.860. The molecule has 1 amide bonds. The minimum atomic E-state index is 0.0385. The van der Waals surface area contributed by atoms with E-state index in [9.17, 15) is 4.79 Å². The summed E-state index contributed by atoms with van der Waals surface area (Å²) in [6, 6.07) is 12.0. The summed E-state index contributed by atoms with van der Waals surface area (Å²) in [6.07, 6.45) is 7.01. The maximum atomic E-state index is 13.2. The van der Waals surface area contributed by atoms with Crippen LogP contribution in [0.3, 0.4) is 0 Å². The van der Waals surface area contributed by atoms with Crippen LogP contribution >= 0.6 is 0 Å². The number of para-hydroxylation sites is 2. The SMILES string of the molecule is COc1ccccc1Nc1ncccc1C(=O)N1CCN(C2CCCC2)CC1. The number of aromatic nitrogens is 1. The third-order valence-corrected chi connectivity index (χ3v) is 5.84. The predicted octanol–water partition coefficient (Wildman–Crippen LogP) is 3.53. The van der Waals surface area contributed by atoms with Crippen molar-refractivity contribution in [3.05, 3.63) is 48.2 Å². The number of ether oxygens (including phenoxy) is 1. The Labute approximate surface area is 166 Å². The maximum absolute atomic E-state index is 13.2. The van der Waals surface area contributed by atoms with Gasteiger partial charge in [-0.1, -0.05) is 25.0 Å². The molecule has 2 aliphatic rings. The largest absolute Gasteiger partial charge is 0.495 e. The second-order valence-electron chi connectivity index (χ2n) is 7.49. The summed E-state index contributed by atoms with van der Waals surface area (Å²) in [4.78, 5) is 22.1. The standard InChI is InChI=1S/C22H28N4O2/c1-28-20-11-5-4-10-19(20)24-21-18(9-6-12-23-21)22(27)26-15-13-25(14-16-26)17-7-2-3-8-17/h4-6,9-12,17H,2-3,7-8,13-16H2,1H3,(H,23,24). The van der Waals surface area contributed by atoms with Crippen molar-refractivity contribution < 1.29 is 9.53 Å². The van der Waals surface area contributed by atoms with Crippen LogP contribution in [-0.2, 0) is 0 Å². The van der Waals surface area contributed by atoms with Gasteiger partial charge in [-0.3, -0.25) is 9.69 Å². The molecular weight excluding hydrogens is 352 g/mol. The van der Waals surface area contributed by atoms with Gasteiger partial charge in [-0.25, -0.2) is 4.98 Å². The zero-order valence-electron chi connectivity index (χ0n) is 16.4. The Morgan fingerprint density at radius 1 is 1.07 bits per heavy atom. The Kier molecular flexibility index (Phi) is 5.76. The van der Waals surface area contributed by atoms with Crippen LogP contribution in [0.2, 0.25) is 0 Å². The molecule has 2 fully saturated rings. The van der Waals surface area contributed by atoms with Gasteiger partial charge in [-0.15, -0.1) is 0 Å². The van der Waals surface area contributed by atoms with Gasteiger partial charge in [-0.2, -0.15) is 0 Å². The van der Waals surface area contributed by atoms with Gasteiger partial charge in [0.15, 0.2) is 0 Å². The van der Waals surface area contributed by atoms with E-state index in [1.165, 1.54) is 25.7 Å². The molecular formula is C22H28N4O2. The van der Waals surface area contributed by atoms with E-state index in [-0.39, 0.29) is 5.91 Å². The number of amides is 1. The maximum Gasteiger partial charge on any atom is 0.257 e. The van der Waals surface area contributed by atoms with Crippen molar-refractivity contribution in [2.75, 3.05) is 38.6 Å². The van der Waals surface area contributed by atoms with Crippen molar-refractivity contribution in [1.29, 1.82) is 0 Å². The molecule has 1 aliphatic heterocycles. The first kappa shape index (κ1) is 18.7. The summed E-state index contributed by atoms with van der Waals surface area (Å²) < 4.78 is 5.40. The molecule has 28 heavy (non-hydrogen) atoms. The fourth-order valence-electron chi connectivity index (χ4n) is 4.28. The van der Waals surface area contributed by atoms with Crippen LogP contribution in [0.1, 0.15) is 36.0 Å². The van der Waals surface area contributed by atoms with E-state index in [1.54, 1.807) is 13.3 Å². The van der Waals surface area contributed by atoms with Crippen LogP contribution in [-0.4, -0.2) is 60.0 Å². The van der Waals surface area contributed by atoms with Crippen molar-refractivity contribution in [3.63, 3.8) is 0 Å². The number of benzene rings is 1. The van der Waals surface area contributed by atoms with E-state index in [2.05, 4.69) is 15.2 Å².